The number of rotatable bonds is 11. The molecule has 2 amide bonds. The van der Waals surface area contributed by atoms with Crippen LogP contribution in [0.5, 0.6) is 0 Å². The summed E-state index contributed by atoms with van der Waals surface area (Å²) in [5.41, 5.74) is 2.87. The van der Waals surface area contributed by atoms with Gasteiger partial charge in [-0.2, -0.15) is 0 Å². The van der Waals surface area contributed by atoms with Gasteiger partial charge in [-0.25, -0.2) is 12.8 Å². The molecule has 0 saturated carbocycles. The van der Waals surface area contributed by atoms with Gasteiger partial charge in [0.25, 0.3) is 10.0 Å². The van der Waals surface area contributed by atoms with Gasteiger partial charge in [0.05, 0.1) is 10.6 Å². The van der Waals surface area contributed by atoms with E-state index in [2.05, 4.69) is 5.32 Å². The number of nitrogens with one attached hydrogen (secondary N) is 1. The van der Waals surface area contributed by atoms with Crippen molar-refractivity contribution in [2.45, 2.75) is 71.0 Å². The third kappa shape index (κ3) is 7.69. The highest BCUT2D eigenvalue weighted by molar-refractivity contribution is 7.92. The molecule has 1 N–H and O–H groups in total. The topological polar surface area (TPSA) is 86.8 Å². The van der Waals surface area contributed by atoms with Crippen molar-refractivity contribution < 1.29 is 22.4 Å². The molecule has 40 heavy (non-hydrogen) atoms. The van der Waals surface area contributed by atoms with Crippen LogP contribution in [0.15, 0.2) is 77.7 Å². The highest BCUT2D eigenvalue weighted by atomic mass is 32.2. The van der Waals surface area contributed by atoms with E-state index in [0.29, 0.717) is 11.3 Å². The summed E-state index contributed by atoms with van der Waals surface area (Å²) in [6.07, 6.45) is 0. The predicted molar refractivity (Wildman–Crippen MR) is 156 cm³/mol. The second-order valence-electron chi connectivity index (χ2n) is 10.6. The minimum absolute atomic E-state index is 0.00347. The summed E-state index contributed by atoms with van der Waals surface area (Å²) in [5.74, 6) is -1.13. The lowest BCUT2D eigenvalue weighted by molar-refractivity contribution is -0.139. The van der Waals surface area contributed by atoms with Gasteiger partial charge in [0.2, 0.25) is 11.8 Å². The van der Waals surface area contributed by atoms with E-state index in [0.717, 1.165) is 15.4 Å². The fourth-order valence-corrected chi connectivity index (χ4v) is 5.58. The zero-order valence-corrected chi connectivity index (χ0v) is 24.7. The minimum atomic E-state index is -4.14. The highest BCUT2D eigenvalue weighted by Gasteiger charge is 2.32. The number of carbonyl (C=O) groups is 2. The van der Waals surface area contributed by atoms with Crippen molar-refractivity contribution in [3.63, 3.8) is 0 Å². The number of anilines is 1. The fraction of sp³-hybridized carbons (Fsp3) is 0.355. The largest absolute Gasteiger partial charge is 0.352 e. The summed E-state index contributed by atoms with van der Waals surface area (Å²) in [6, 6.07) is 18.1. The molecule has 3 rings (SSSR count). The number of hydrogen-bond acceptors (Lipinski definition) is 4. The SMILES string of the molecule is Cc1ccc(S(=O)(=O)N(CC(=O)N(Cc2ccc(F)cc2)C(C)C(=O)NC(C)C)c2ccc(C(C)C)cc2)cc1. The lowest BCUT2D eigenvalue weighted by Crippen LogP contribution is -2.52. The van der Waals surface area contributed by atoms with Crippen LogP contribution in [0, 0.1) is 12.7 Å². The van der Waals surface area contributed by atoms with Crippen molar-refractivity contribution in [2.24, 2.45) is 0 Å². The monoisotopic (exact) mass is 567 g/mol. The number of aryl methyl sites for hydroxylation is 1. The van der Waals surface area contributed by atoms with Crippen molar-refractivity contribution >= 4 is 27.5 Å². The van der Waals surface area contributed by atoms with Gasteiger partial charge >= 0.3 is 0 Å². The minimum Gasteiger partial charge on any atom is -0.352 e. The maximum atomic E-state index is 13.9. The van der Waals surface area contributed by atoms with Gasteiger partial charge in [0.1, 0.15) is 18.4 Å². The lowest BCUT2D eigenvalue weighted by Gasteiger charge is -2.32. The standard InChI is InChI=1S/C31H38FN3O4S/c1-21(2)26-11-15-28(16-12-26)35(40(38,39)29-17-7-23(5)8-18-29)20-30(36)34(24(6)31(37)33-22(3)4)19-25-9-13-27(32)14-10-25/h7-18,21-22,24H,19-20H2,1-6H3,(H,33,37). The molecular formula is C31H38FN3O4S. The normalized spacial score (nSPS) is 12.3. The quantitative estimate of drug-likeness (QED) is 0.336. The average Bonchev–Trinajstić information content (AvgIpc) is 2.90. The van der Waals surface area contributed by atoms with Crippen LogP contribution in [0.1, 0.15) is 57.2 Å². The lowest BCUT2D eigenvalue weighted by atomic mass is 10.0. The highest BCUT2D eigenvalue weighted by Crippen LogP contribution is 2.27. The van der Waals surface area contributed by atoms with E-state index in [-0.39, 0.29) is 29.3 Å². The molecule has 0 aliphatic carbocycles. The van der Waals surface area contributed by atoms with Gasteiger partial charge in [-0.3, -0.25) is 13.9 Å². The molecule has 0 spiro atoms. The Kier molecular flexibility index (Phi) is 10.1. The Morgan fingerprint density at radius 2 is 1.43 bits per heavy atom. The number of carbonyl (C=O) groups excluding carboxylic acids is 2. The molecule has 9 heteroatoms. The van der Waals surface area contributed by atoms with Crippen LogP contribution in [-0.4, -0.2) is 43.8 Å². The zero-order valence-electron chi connectivity index (χ0n) is 23.9. The molecule has 0 aliphatic heterocycles. The third-order valence-corrected chi connectivity index (χ3v) is 8.39. The number of sulfonamides is 1. The molecule has 0 radical (unpaired) electrons. The maximum absolute atomic E-state index is 13.9. The molecule has 1 atom stereocenters. The van der Waals surface area contributed by atoms with E-state index in [1.165, 1.54) is 41.3 Å². The molecule has 214 valence electrons. The Morgan fingerprint density at radius 3 is 1.95 bits per heavy atom. The van der Waals surface area contributed by atoms with E-state index in [1.807, 2.05) is 46.8 Å². The van der Waals surface area contributed by atoms with E-state index < -0.39 is 34.3 Å². The average molecular weight is 568 g/mol. The van der Waals surface area contributed by atoms with Crippen LogP contribution >= 0.6 is 0 Å². The summed E-state index contributed by atoms with van der Waals surface area (Å²) < 4.78 is 42.4. The van der Waals surface area contributed by atoms with E-state index in [4.69, 9.17) is 0 Å². The fourth-order valence-electron chi connectivity index (χ4n) is 4.17. The molecule has 0 bridgehead atoms. The molecule has 0 aliphatic rings. The van der Waals surface area contributed by atoms with Crippen LogP contribution in [0.2, 0.25) is 0 Å². The van der Waals surface area contributed by atoms with E-state index in [1.54, 1.807) is 31.2 Å². The second-order valence-corrected chi connectivity index (χ2v) is 12.4. The summed E-state index contributed by atoms with van der Waals surface area (Å²) in [4.78, 5) is 28.2. The zero-order chi connectivity index (χ0) is 29.6. The molecule has 7 nitrogen and oxygen atoms in total. The van der Waals surface area contributed by atoms with Gasteiger partial charge in [-0.15, -0.1) is 0 Å². The molecule has 0 fully saturated rings. The van der Waals surface area contributed by atoms with Crippen LogP contribution in [0.3, 0.4) is 0 Å². The van der Waals surface area contributed by atoms with Crippen molar-refractivity contribution in [1.82, 2.24) is 10.2 Å². The van der Waals surface area contributed by atoms with E-state index in [9.17, 15) is 22.4 Å². The van der Waals surface area contributed by atoms with Crippen molar-refractivity contribution in [3.8, 4) is 0 Å². The molecule has 3 aromatic carbocycles. The molecule has 3 aromatic rings. The van der Waals surface area contributed by atoms with Crippen LogP contribution in [0.4, 0.5) is 10.1 Å². The number of nitrogens with zero attached hydrogens (tertiary/aromatic N) is 2. The Bertz CT molecular complexity index is 1400. The second kappa shape index (κ2) is 13.1. The Balaban J connectivity index is 2.04. The Hall–Kier alpha value is -3.72. The molecule has 1 unspecified atom stereocenters. The molecule has 0 aromatic heterocycles. The first-order valence-electron chi connectivity index (χ1n) is 13.3. The molecule has 0 saturated heterocycles. The molecule has 0 heterocycles. The van der Waals surface area contributed by atoms with Crippen molar-refractivity contribution in [2.75, 3.05) is 10.8 Å². The summed E-state index contributed by atoms with van der Waals surface area (Å²) in [7, 11) is -4.14. The van der Waals surface area contributed by atoms with Gasteiger partial charge in [0, 0.05) is 12.6 Å². The smallest absolute Gasteiger partial charge is 0.264 e. The van der Waals surface area contributed by atoms with Crippen LogP contribution < -0.4 is 9.62 Å². The molecular weight excluding hydrogens is 529 g/mol. The van der Waals surface area contributed by atoms with Gasteiger partial charge in [-0.05, 0) is 81.1 Å². The Labute approximate surface area is 237 Å². The Morgan fingerprint density at radius 1 is 0.850 bits per heavy atom. The van der Waals surface area contributed by atoms with Gasteiger partial charge in [0.15, 0.2) is 0 Å². The first kappa shape index (κ1) is 30.8. The number of hydrogen-bond donors (Lipinski definition) is 1. The third-order valence-electron chi connectivity index (χ3n) is 6.60. The van der Waals surface area contributed by atoms with E-state index >= 15 is 0 Å². The van der Waals surface area contributed by atoms with Gasteiger partial charge in [-0.1, -0.05) is 55.8 Å². The summed E-state index contributed by atoms with van der Waals surface area (Å²) in [5, 5.41) is 2.81. The summed E-state index contributed by atoms with van der Waals surface area (Å²) in [6.45, 7) is 10.6. The van der Waals surface area contributed by atoms with Crippen molar-refractivity contribution in [1.29, 1.82) is 0 Å². The van der Waals surface area contributed by atoms with Gasteiger partial charge < -0.3 is 10.2 Å². The van der Waals surface area contributed by atoms with Crippen LogP contribution in [-0.2, 0) is 26.2 Å². The first-order chi connectivity index (χ1) is 18.8. The summed E-state index contributed by atoms with van der Waals surface area (Å²) >= 11 is 0. The van der Waals surface area contributed by atoms with Crippen LogP contribution in [0.25, 0.3) is 0 Å². The van der Waals surface area contributed by atoms with Crippen molar-refractivity contribution in [3.05, 3.63) is 95.3 Å². The maximum Gasteiger partial charge on any atom is 0.264 e. The number of benzene rings is 3. The number of halogens is 1. The first-order valence-corrected chi connectivity index (χ1v) is 14.8. The number of amides is 2. The predicted octanol–water partition coefficient (Wildman–Crippen LogP) is 5.39.